The first-order valence-corrected chi connectivity index (χ1v) is 9.20. The Balaban J connectivity index is 1.62. The monoisotopic (exact) mass is 412 g/mol. The Kier molecular flexibility index (Phi) is 5.86. The number of benzene rings is 2. The number of nitrogens with one attached hydrogen (secondary N) is 2. The van der Waals surface area contributed by atoms with E-state index in [1.165, 1.54) is 11.8 Å². The van der Waals surface area contributed by atoms with E-state index >= 15 is 0 Å². The van der Waals surface area contributed by atoms with Crippen LogP contribution in [0.2, 0.25) is 15.1 Å². The molecule has 2 N–H and O–H groups in total. The van der Waals surface area contributed by atoms with Crippen LogP contribution >= 0.6 is 46.6 Å². The van der Waals surface area contributed by atoms with Crippen molar-refractivity contribution >= 4 is 58.2 Å². The summed E-state index contributed by atoms with van der Waals surface area (Å²) in [6.45, 7) is 0. The lowest BCUT2D eigenvalue weighted by atomic mass is 10.2. The normalized spacial score (nSPS) is 10.7. The van der Waals surface area contributed by atoms with E-state index in [9.17, 15) is 4.79 Å². The first kappa shape index (κ1) is 18.1. The zero-order chi connectivity index (χ0) is 17.8. The molecule has 2 aromatic carbocycles. The Morgan fingerprint density at radius 3 is 2.68 bits per heavy atom. The second-order valence-electron chi connectivity index (χ2n) is 4.91. The average molecular weight is 414 g/mol. The molecule has 25 heavy (non-hydrogen) atoms. The maximum absolute atomic E-state index is 12.0. The fourth-order valence-corrected chi connectivity index (χ4v) is 3.27. The van der Waals surface area contributed by atoms with Crippen molar-refractivity contribution in [2.24, 2.45) is 0 Å². The summed E-state index contributed by atoms with van der Waals surface area (Å²) in [6.07, 6.45) is 0. The number of halogens is 3. The summed E-state index contributed by atoms with van der Waals surface area (Å²) in [4.78, 5) is 16.3. The molecule has 0 spiro atoms. The van der Waals surface area contributed by atoms with E-state index in [1.807, 2.05) is 0 Å². The minimum absolute atomic E-state index is 0.150. The van der Waals surface area contributed by atoms with E-state index in [2.05, 4.69) is 20.5 Å². The van der Waals surface area contributed by atoms with Gasteiger partial charge >= 0.3 is 0 Å². The molecule has 128 valence electrons. The van der Waals surface area contributed by atoms with E-state index in [1.54, 1.807) is 42.5 Å². The number of para-hydroxylation sites is 1. The third-order valence-electron chi connectivity index (χ3n) is 3.13. The Bertz CT molecular complexity index is 916. The molecule has 0 radical (unpaired) electrons. The van der Waals surface area contributed by atoms with Gasteiger partial charge in [-0.3, -0.25) is 9.89 Å². The predicted molar refractivity (Wildman–Crippen MR) is 103 cm³/mol. The van der Waals surface area contributed by atoms with E-state index in [0.717, 1.165) is 0 Å². The van der Waals surface area contributed by atoms with Gasteiger partial charge in [-0.15, -0.1) is 5.10 Å². The highest BCUT2D eigenvalue weighted by Gasteiger charge is 2.12. The SMILES string of the molecule is O=C(CSc1n[nH]c(-c2ccc(Cl)cc2Cl)n1)Nc1ccccc1Cl. The molecule has 1 amide bonds. The summed E-state index contributed by atoms with van der Waals surface area (Å²) in [5.74, 6) is 0.460. The summed E-state index contributed by atoms with van der Waals surface area (Å²) >= 11 is 19.2. The summed E-state index contributed by atoms with van der Waals surface area (Å²) < 4.78 is 0. The average Bonchev–Trinajstić information content (AvgIpc) is 3.04. The van der Waals surface area contributed by atoms with Crippen LogP contribution < -0.4 is 5.32 Å². The number of hydrogen-bond donors (Lipinski definition) is 2. The van der Waals surface area contributed by atoms with Crippen molar-refractivity contribution in [3.8, 4) is 11.4 Å². The Morgan fingerprint density at radius 2 is 1.92 bits per heavy atom. The van der Waals surface area contributed by atoms with Gasteiger partial charge in [0, 0.05) is 10.6 Å². The van der Waals surface area contributed by atoms with Crippen LogP contribution in [0.3, 0.4) is 0 Å². The van der Waals surface area contributed by atoms with E-state index in [4.69, 9.17) is 34.8 Å². The molecule has 1 heterocycles. The van der Waals surface area contributed by atoms with Crippen molar-refractivity contribution in [3.63, 3.8) is 0 Å². The van der Waals surface area contributed by atoms with Gasteiger partial charge in [0.2, 0.25) is 11.1 Å². The number of carbonyl (C=O) groups is 1. The minimum Gasteiger partial charge on any atom is -0.324 e. The molecule has 3 aromatic rings. The molecule has 0 saturated carbocycles. The Hall–Kier alpha value is -1.73. The van der Waals surface area contributed by atoms with Gasteiger partial charge in [0.25, 0.3) is 0 Å². The van der Waals surface area contributed by atoms with Crippen LogP contribution in [-0.2, 0) is 4.79 Å². The number of rotatable bonds is 5. The minimum atomic E-state index is -0.200. The molecule has 0 atom stereocenters. The van der Waals surface area contributed by atoms with E-state index in [0.29, 0.717) is 37.3 Å². The quantitative estimate of drug-likeness (QED) is 0.567. The molecule has 0 aliphatic carbocycles. The second kappa shape index (κ2) is 8.10. The Labute approximate surface area is 163 Å². The zero-order valence-electron chi connectivity index (χ0n) is 12.6. The number of anilines is 1. The molecule has 1 aromatic heterocycles. The molecule has 0 fully saturated rings. The van der Waals surface area contributed by atoms with Gasteiger partial charge in [0.15, 0.2) is 5.82 Å². The highest BCUT2D eigenvalue weighted by atomic mass is 35.5. The van der Waals surface area contributed by atoms with Gasteiger partial charge in [-0.05, 0) is 30.3 Å². The van der Waals surface area contributed by atoms with Crippen molar-refractivity contribution < 1.29 is 4.79 Å². The van der Waals surface area contributed by atoms with Crippen molar-refractivity contribution in [1.82, 2.24) is 15.2 Å². The summed E-state index contributed by atoms with van der Waals surface area (Å²) in [6, 6.07) is 12.1. The van der Waals surface area contributed by atoms with Crippen LogP contribution in [0.1, 0.15) is 0 Å². The third-order valence-corrected chi connectivity index (χ3v) is 4.86. The zero-order valence-corrected chi connectivity index (χ0v) is 15.7. The molecular weight excluding hydrogens is 403 g/mol. The molecule has 0 aliphatic rings. The van der Waals surface area contributed by atoms with E-state index in [-0.39, 0.29) is 11.7 Å². The molecule has 0 bridgehead atoms. The lowest BCUT2D eigenvalue weighted by Crippen LogP contribution is -2.14. The van der Waals surface area contributed by atoms with Gasteiger partial charge in [0.1, 0.15) is 0 Å². The van der Waals surface area contributed by atoms with Crippen LogP contribution in [0.5, 0.6) is 0 Å². The van der Waals surface area contributed by atoms with Crippen molar-refractivity contribution in [2.75, 3.05) is 11.1 Å². The van der Waals surface area contributed by atoms with Gasteiger partial charge in [-0.1, -0.05) is 58.7 Å². The number of aromatic amines is 1. The smallest absolute Gasteiger partial charge is 0.234 e. The van der Waals surface area contributed by atoms with Crippen LogP contribution in [0, 0.1) is 0 Å². The summed E-state index contributed by atoms with van der Waals surface area (Å²) in [5, 5.41) is 11.6. The topological polar surface area (TPSA) is 70.7 Å². The lowest BCUT2D eigenvalue weighted by Gasteiger charge is -2.05. The van der Waals surface area contributed by atoms with Gasteiger partial charge < -0.3 is 5.32 Å². The van der Waals surface area contributed by atoms with E-state index < -0.39 is 0 Å². The standard InChI is InChI=1S/C16H11Cl3N4OS/c17-9-5-6-10(12(19)7-9)15-21-16(23-22-15)25-8-14(24)20-13-4-2-1-3-11(13)18/h1-7H,8H2,(H,20,24)(H,21,22,23). The lowest BCUT2D eigenvalue weighted by molar-refractivity contribution is -0.113. The second-order valence-corrected chi connectivity index (χ2v) is 7.10. The Morgan fingerprint density at radius 1 is 1.12 bits per heavy atom. The third kappa shape index (κ3) is 4.67. The largest absolute Gasteiger partial charge is 0.324 e. The maximum atomic E-state index is 12.0. The number of thioether (sulfide) groups is 1. The van der Waals surface area contributed by atoms with Crippen molar-refractivity contribution in [3.05, 3.63) is 57.5 Å². The summed E-state index contributed by atoms with van der Waals surface area (Å²) in [5.41, 5.74) is 1.25. The number of amides is 1. The highest BCUT2D eigenvalue weighted by molar-refractivity contribution is 7.99. The molecule has 5 nitrogen and oxygen atoms in total. The molecule has 3 rings (SSSR count). The van der Waals surface area contributed by atoms with Gasteiger partial charge in [-0.2, -0.15) is 0 Å². The number of carbonyl (C=O) groups excluding carboxylic acids is 1. The molecule has 0 saturated heterocycles. The number of nitrogens with zero attached hydrogens (tertiary/aromatic N) is 2. The van der Waals surface area contributed by atoms with Gasteiger partial charge in [-0.25, -0.2) is 4.98 Å². The predicted octanol–water partition coefficient (Wildman–Crippen LogP) is 5.16. The first-order valence-electron chi connectivity index (χ1n) is 7.08. The van der Waals surface area contributed by atoms with Crippen LogP contribution in [0.4, 0.5) is 5.69 Å². The number of H-pyrrole nitrogens is 1. The molecule has 0 aliphatic heterocycles. The molecular formula is C16H11Cl3N4OS. The number of aromatic nitrogens is 3. The first-order chi connectivity index (χ1) is 12.0. The van der Waals surface area contributed by atoms with Gasteiger partial charge in [0.05, 0.1) is 21.5 Å². The molecule has 0 unspecified atom stereocenters. The number of hydrogen-bond acceptors (Lipinski definition) is 4. The van der Waals surface area contributed by atoms with Crippen LogP contribution in [0.25, 0.3) is 11.4 Å². The fourth-order valence-electron chi connectivity index (χ4n) is 1.99. The summed E-state index contributed by atoms with van der Waals surface area (Å²) in [7, 11) is 0. The maximum Gasteiger partial charge on any atom is 0.234 e. The van der Waals surface area contributed by atoms with Crippen molar-refractivity contribution in [1.29, 1.82) is 0 Å². The highest BCUT2D eigenvalue weighted by Crippen LogP contribution is 2.29. The van der Waals surface area contributed by atoms with Crippen LogP contribution in [-0.4, -0.2) is 26.8 Å². The molecule has 9 heteroatoms. The van der Waals surface area contributed by atoms with Crippen LogP contribution in [0.15, 0.2) is 47.6 Å². The van der Waals surface area contributed by atoms with Crippen molar-refractivity contribution in [2.45, 2.75) is 5.16 Å². The fraction of sp³-hybridized carbons (Fsp3) is 0.0625.